The van der Waals surface area contributed by atoms with Gasteiger partial charge in [-0.3, -0.25) is 9.69 Å². The fraction of sp³-hybridized carbons (Fsp3) is 0.316. The number of fused-ring (bicyclic) bond motifs is 1. The molecule has 1 N–H and O–H groups in total. The van der Waals surface area contributed by atoms with Crippen LogP contribution in [0.15, 0.2) is 51.4 Å². The number of anilines is 1. The Bertz CT molecular complexity index is 800. The third kappa shape index (κ3) is 4.58. The molecule has 3 rings (SSSR count). The minimum absolute atomic E-state index is 0.0762. The van der Waals surface area contributed by atoms with Gasteiger partial charge in [-0.1, -0.05) is 28.1 Å². The van der Waals surface area contributed by atoms with Crippen LogP contribution in [-0.4, -0.2) is 43.2 Å². The van der Waals surface area contributed by atoms with Gasteiger partial charge in [-0.15, -0.1) is 0 Å². The van der Waals surface area contributed by atoms with E-state index in [0.29, 0.717) is 13.2 Å². The standard InChI is InChI=1S/C19H20Br2N2O3/c1-12(19(24)22-16-8-7-13(20)9-15(16)21)23(2)10-14-11-25-17-5-3-4-6-18(17)26-14/h3-9,12,14H,10-11H2,1-2H3,(H,22,24)/t12-,14-/m0/s1. The van der Waals surface area contributed by atoms with E-state index in [1.54, 1.807) is 0 Å². The van der Waals surface area contributed by atoms with E-state index in [9.17, 15) is 4.79 Å². The van der Waals surface area contributed by atoms with Gasteiger partial charge in [0.15, 0.2) is 11.5 Å². The molecule has 0 aromatic heterocycles. The number of halogens is 2. The predicted octanol–water partition coefficient (Wildman–Crippen LogP) is 4.31. The Kier molecular flexibility index (Phi) is 6.21. The van der Waals surface area contributed by atoms with E-state index in [-0.39, 0.29) is 18.1 Å². The average Bonchev–Trinajstić information content (AvgIpc) is 2.63. The van der Waals surface area contributed by atoms with Crippen LogP contribution in [0, 0.1) is 0 Å². The number of rotatable bonds is 5. The minimum atomic E-state index is -0.314. The molecule has 0 aliphatic carbocycles. The quantitative estimate of drug-likeness (QED) is 0.688. The molecule has 2 atom stereocenters. The van der Waals surface area contributed by atoms with E-state index in [0.717, 1.165) is 26.1 Å². The maximum absolute atomic E-state index is 12.6. The fourth-order valence-corrected chi connectivity index (χ4v) is 3.81. The van der Waals surface area contributed by atoms with Crippen molar-refractivity contribution in [1.82, 2.24) is 4.90 Å². The van der Waals surface area contributed by atoms with Crippen LogP contribution in [0.4, 0.5) is 5.69 Å². The summed E-state index contributed by atoms with van der Waals surface area (Å²) in [5.74, 6) is 1.43. The predicted molar refractivity (Wildman–Crippen MR) is 109 cm³/mol. The van der Waals surface area contributed by atoms with Crippen LogP contribution < -0.4 is 14.8 Å². The Hall–Kier alpha value is -1.57. The molecule has 5 nitrogen and oxygen atoms in total. The molecule has 0 radical (unpaired) electrons. The average molecular weight is 484 g/mol. The molecule has 138 valence electrons. The molecule has 2 aromatic rings. The highest BCUT2D eigenvalue weighted by Crippen LogP contribution is 2.31. The second-order valence-electron chi connectivity index (χ2n) is 6.23. The van der Waals surface area contributed by atoms with Crippen molar-refractivity contribution in [3.63, 3.8) is 0 Å². The number of nitrogens with one attached hydrogen (secondary N) is 1. The highest BCUT2D eigenvalue weighted by Gasteiger charge is 2.26. The molecule has 2 aromatic carbocycles. The molecular weight excluding hydrogens is 464 g/mol. The molecule has 0 spiro atoms. The van der Waals surface area contributed by atoms with E-state index >= 15 is 0 Å². The van der Waals surface area contributed by atoms with E-state index < -0.39 is 0 Å². The van der Waals surface area contributed by atoms with Crippen LogP contribution in [0.3, 0.4) is 0 Å². The number of carbonyl (C=O) groups excluding carboxylic acids is 1. The van der Waals surface area contributed by atoms with Crippen molar-refractivity contribution in [2.45, 2.75) is 19.1 Å². The van der Waals surface area contributed by atoms with Gasteiger partial charge in [0, 0.05) is 15.5 Å². The number of amides is 1. The lowest BCUT2D eigenvalue weighted by molar-refractivity contribution is -0.120. The molecule has 0 unspecified atom stereocenters. The summed E-state index contributed by atoms with van der Waals surface area (Å²) < 4.78 is 13.5. The molecule has 1 amide bonds. The van der Waals surface area contributed by atoms with Crippen LogP contribution in [0.1, 0.15) is 6.92 Å². The van der Waals surface area contributed by atoms with Crippen LogP contribution in [-0.2, 0) is 4.79 Å². The van der Waals surface area contributed by atoms with E-state index in [1.807, 2.05) is 61.3 Å². The Morgan fingerprint density at radius 3 is 2.73 bits per heavy atom. The number of ether oxygens (including phenoxy) is 2. The number of para-hydroxylation sites is 2. The summed E-state index contributed by atoms with van der Waals surface area (Å²) in [6.45, 7) is 2.93. The fourth-order valence-electron chi connectivity index (χ4n) is 2.66. The van der Waals surface area contributed by atoms with Crippen molar-refractivity contribution in [3.05, 3.63) is 51.4 Å². The first kappa shape index (κ1) is 19.2. The van der Waals surface area contributed by atoms with Crippen molar-refractivity contribution in [1.29, 1.82) is 0 Å². The van der Waals surface area contributed by atoms with Gasteiger partial charge >= 0.3 is 0 Å². The van der Waals surface area contributed by atoms with E-state index in [4.69, 9.17) is 9.47 Å². The van der Waals surface area contributed by atoms with Crippen LogP contribution in [0.2, 0.25) is 0 Å². The highest BCUT2D eigenvalue weighted by molar-refractivity contribution is 9.11. The third-order valence-electron chi connectivity index (χ3n) is 4.29. The third-order valence-corrected chi connectivity index (χ3v) is 5.44. The van der Waals surface area contributed by atoms with Crippen molar-refractivity contribution >= 4 is 43.5 Å². The van der Waals surface area contributed by atoms with Crippen molar-refractivity contribution in [3.8, 4) is 11.5 Å². The topological polar surface area (TPSA) is 50.8 Å². The zero-order valence-electron chi connectivity index (χ0n) is 14.5. The molecule has 7 heteroatoms. The Labute approximate surface area is 169 Å². The minimum Gasteiger partial charge on any atom is -0.486 e. The number of likely N-dealkylation sites (N-methyl/N-ethyl adjacent to an activating group) is 1. The van der Waals surface area contributed by atoms with Gasteiger partial charge in [0.1, 0.15) is 12.7 Å². The molecule has 1 heterocycles. The largest absolute Gasteiger partial charge is 0.486 e. The van der Waals surface area contributed by atoms with E-state index in [2.05, 4.69) is 37.2 Å². The zero-order chi connectivity index (χ0) is 18.7. The van der Waals surface area contributed by atoms with Crippen molar-refractivity contribution in [2.24, 2.45) is 0 Å². The summed E-state index contributed by atoms with van der Waals surface area (Å²) in [5, 5.41) is 2.95. The molecule has 0 fully saturated rings. The first-order valence-corrected chi connectivity index (χ1v) is 9.87. The maximum Gasteiger partial charge on any atom is 0.241 e. The van der Waals surface area contributed by atoms with Gasteiger partial charge in [0.05, 0.1) is 11.7 Å². The SMILES string of the molecule is C[C@@H](C(=O)Nc1ccc(Br)cc1Br)N(C)C[C@H]1COc2ccccc2O1. The second-order valence-corrected chi connectivity index (χ2v) is 8.00. The van der Waals surface area contributed by atoms with Gasteiger partial charge in [-0.2, -0.15) is 0 Å². The molecule has 1 aliphatic heterocycles. The summed E-state index contributed by atoms with van der Waals surface area (Å²) in [6.07, 6.45) is -0.121. The normalized spacial score (nSPS) is 17.0. The van der Waals surface area contributed by atoms with Gasteiger partial charge in [0.25, 0.3) is 0 Å². The number of hydrogen-bond acceptors (Lipinski definition) is 4. The Balaban J connectivity index is 1.57. The van der Waals surface area contributed by atoms with Crippen LogP contribution >= 0.6 is 31.9 Å². The van der Waals surface area contributed by atoms with Crippen LogP contribution in [0.5, 0.6) is 11.5 Å². The van der Waals surface area contributed by atoms with Gasteiger partial charge in [0.2, 0.25) is 5.91 Å². The number of nitrogens with zero attached hydrogens (tertiary/aromatic N) is 1. The lowest BCUT2D eigenvalue weighted by Gasteiger charge is -2.31. The monoisotopic (exact) mass is 482 g/mol. The maximum atomic E-state index is 12.6. The van der Waals surface area contributed by atoms with Gasteiger partial charge < -0.3 is 14.8 Å². The summed E-state index contributed by atoms with van der Waals surface area (Å²) in [5.41, 5.74) is 0.740. The first-order valence-electron chi connectivity index (χ1n) is 8.28. The highest BCUT2D eigenvalue weighted by atomic mass is 79.9. The molecular formula is C19H20Br2N2O3. The summed E-state index contributed by atoms with van der Waals surface area (Å²) >= 11 is 6.87. The van der Waals surface area contributed by atoms with E-state index in [1.165, 1.54) is 0 Å². The van der Waals surface area contributed by atoms with Crippen LogP contribution in [0.25, 0.3) is 0 Å². The number of hydrogen-bond donors (Lipinski definition) is 1. The zero-order valence-corrected chi connectivity index (χ0v) is 17.7. The number of benzene rings is 2. The Morgan fingerprint density at radius 1 is 1.27 bits per heavy atom. The number of carbonyl (C=O) groups is 1. The summed E-state index contributed by atoms with van der Waals surface area (Å²) in [7, 11) is 1.91. The van der Waals surface area contributed by atoms with Gasteiger partial charge in [-0.25, -0.2) is 0 Å². The Morgan fingerprint density at radius 2 is 2.00 bits per heavy atom. The lowest BCUT2D eigenvalue weighted by atomic mass is 10.2. The van der Waals surface area contributed by atoms with Crippen molar-refractivity contribution in [2.75, 3.05) is 25.5 Å². The summed E-state index contributed by atoms with van der Waals surface area (Å²) in [4.78, 5) is 14.5. The van der Waals surface area contributed by atoms with Gasteiger partial charge in [-0.05, 0) is 60.2 Å². The molecule has 1 aliphatic rings. The molecule has 0 bridgehead atoms. The molecule has 0 saturated carbocycles. The second kappa shape index (κ2) is 8.41. The summed E-state index contributed by atoms with van der Waals surface area (Å²) in [6, 6.07) is 12.9. The smallest absolute Gasteiger partial charge is 0.241 e. The molecule has 0 saturated heterocycles. The lowest BCUT2D eigenvalue weighted by Crippen LogP contribution is -2.46. The van der Waals surface area contributed by atoms with Crippen molar-refractivity contribution < 1.29 is 14.3 Å². The molecule has 26 heavy (non-hydrogen) atoms. The first-order chi connectivity index (χ1) is 12.4.